The van der Waals surface area contributed by atoms with E-state index in [1.165, 1.54) is 44.6 Å². The molecular weight excluding hydrogens is 469 g/mol. The maximum absolute atomic E-state index is 14.6. The van der Waals surface area contributed by atoms with Gasteiger partial charge in [0.1, 0.15) is 16.5 Å². The number of alkyl carbamates (subject to hydrolysis) is 1. The molecule has 0 bridgehead atoms. The van der Waals surface area contributed by atoms with Gasteiger partial charge in [0.25, 0.3) is 0 Å². The lowest BCUT2D eigenvalue weighted by molar-refractivity contribution is 0.0313. The fraction of sp³-hybridized carbons (Fsp3) is 0.318. The predicted molar refractivity (Wildman–Crippen MR) is 121 cm³/mol. The van der Waals surface area contributed by atoms with Crippen molar-refractivity contribution in [2.45, 2.75) is 36.0 Å². The summed E-state index contributed by atoms with van der Waals surface area (Å²) in [5.41, 5.74) is -0.807. The standard InChI is InChI=1S/C22H24FN3O5S2/c1-22(2,3)17(31-21(27)24-4)19-26-16(15-10-7-11-25-18(15)23)20(32-19)33(28,29)14-9-6-8-13(12-14)30-5/h6-12,17H,1-5H3,(H,24,27). The molecule has 0 radical (unpaired) electrons. The fourth-order valence-corrected chi connectivity index (χ4v) is 6.21. The van der Waals surface area contributed by atoms with Gasteiger partial charge in [-0.2, -0.15) is 4.39 Å². The first-order valence-electron chi connectivity index (χ1n) is 9.88. The van der Waals surface area contributed by atoms with Crippen LogP contribution in [-0.4, -0.2) is 38.6 Å². The minimum atomic E-state index is -4.13. The Morgan fingerprint density at radius 3 is 2.55 bits per heavy atom. The zero-order chi connectivity index (χ0) is 24.4. The maximum atomic E-state index is 14.6. The highest BCUT2D eigenvalue weighted by molar-refractivity contribution is 7.93. The van der Waals surface area contributed by atoms with E-state index in [-0.39, 0.29) is 25.4 Å². The van der Waals surface area contributed by atoms with Crippen molar-refractivity contribution in [3.63, 3.8) is 0 Å². The quantitative estimate of drug-likeness (QED) is 0.499. The number of nitrogens with zero attached hydrogens (tertiary/aromatic N) is 2. The Morgan fingerprint density at radius 1 is 1.21 bits per heavy atom. The van der Waals surface area contributed by atoms with Gasteiger partial charge in [-0.1, -0.05) is 26.8 Å². The normalized spacial score (nSPS) is 12.8. The molecule has 1 amide bonds. The van der Waals surface area contributed by atoms with Gasteiger partial charge < -0.3 is 14.8 Å². The topological polar surface area (TPSA) is 107 Å². The molecule has 0 saturated carbocycles. The van der Waals surface area contributed by atoms with Crippen molar-refractivity contribution in [1.82, 2.24) is 15.3 Å². The lowest BCUT2D eigenvalue weighted by Gasteiger charge is -2.28. The summed E-state index contributed by atoms with van der Waals surface area (Å²) >= 11 is 0.826. The molecule has 2 heterocycles. The Kier molecular flexibility index (Phi) is 7.03. The molecule has 0 aliphatic heterocycles. The van der Waals surface area contributed by atoms with Crippen LogP contribution in [0.15, 0.2) is 51.7 Å². The van der Waals surface area contributed by atoms with Crippen molar-refractivity contribution in [2.24, 2.45) is 5.41 Å². The fourth-order valence-electron chi connectivity index (χ4n) is 2.99. The van der Waals surface area contributed by atoms with Gasteiger partial charge in [0.05, 0.1) is 17.6 Å². The Bertz CT molecular complexity index is 1270. The summed E-state index contributed by atoms with van der Waals surface area (Å²) in [6.07, 6.45) is -0.332. The van der Waals surface area contributed by atoms with E-state index in [2.05, 4.69) is 15.3 Å². The van der Waals surface area contributed by atoms with Crippen LogP contribution in [0.25, 0.3) is 11.3 Å². The molecule has 1 unspecified atom stereocenters. The van der Waals surface area contributed by atoms with E-state index in [0.29, 0.717) is 5.75 Å². The zero-order valence-electron chi connectivity index (χ0n) is 18.7. The van der Waals surface area contributed by atoms with E-state index >= 15 is 0 Å². The molecule has 3 aromatic rings. The lowest BCUT2D eigenvalue weighted by Crippen LogP contribution is -2.28. The highest BCUT2D eigenvalue weighted by Crippen LogP contribution is 2.44. The summed E-state index contributed by atoms with van der Waals surface area (Å²) in [5, 5.41) is 2.60. The number of sulfone groups is 1. The summed E-state index contributed by atoms with van der Waals surface area (Å²) in [5.74, 6) is -0.513. The molecule has 1 atom stereocenters. The van der Waals surface area contributed by atoms with Crippen LogP contribution in [0.1, 0.15) is 31.9 Å². The third-order valence-electron chi connectivity index (χ3n) is 4.66. The number of hydrogen-bond acceptors (Lipinski definition) is 8. The van der Waals surface area contributed by atoms with Gasteiger partial charge in [-0.3, -0.25) is 0 Å². The van der Waals surface area contributed by atoms with Crippen LogP contribution < -0.4 is 10.1 Å². The third kappa shape index (κ3) is 5.14. The van der Waals surface area contributed by atoms with E-state index < -0.39 is 33.4 Å². The number of ether oxygens (including phenoxy) is 2. The van der Waals surface area contributed by atoms with Crippen molar-refractivity contribution >= 4 is 27.3 Å². The number of halogens is 1. The van der Waals surface area contributed by atoms with Gasteiger partial charge in [-0.05, 0) is 30.3 Å². The molecule has 0 aliphatic carbocycles. The van der Waals surface area contributed by atoms with Crippen molar-refractivity contribution in [1.29, 1.82) is 0 Å². The minimum Gasteiger partial charge on any atom is -0.497 e. The van der Waals surface area contributed by atoms with Gasteiger partial charge in [-0.25, -0.2) is 23.2 Å². The minimum absolute atomic E-state index is 0.0397. The van der Waals surface area contributed by atoms with E-state index in [9.17, 15) is 17.6 Å². The molecule has 176 valence electrons. The number of pyridine rings is 1. The van der Waals surface area contributed by atoms with E-state index in [0.717, 1.165) is 11.3 Å². The number of nitrogens with one attached hydrogen (secondary N) is 1. The Labute approximate surface area is 195 Å². The third-order valence-corrected chi connectivity index (χ3v) is 8.02. The molecule has 1 N–H and O–H groups in total. The van der Waals surface area contributed by atoms with Crippen molar-refractivity contribution in [2.75, 3.05) is 14.2 Å². The number of methoxy groups -OCH3 is 1. The van der Waals surface area contributed by atoms with Crippen molar-refractivity contribution in [3.05, 3.63) is 53.6 Å². The van der Waals surface area contributed by atoms with Gasteiger partial charge in [0.15, 0.2) is 10.3 Å². The van der Waals surface area contributed by atoms with Crippen LogP contribution in [-0.2, 0) is 14.6 Å². The second-order valence-electron chi connectivity index (χ2n) is 8.11. The molecular formula is C22H24FN3O5S2. The number of carbonyl (C=O) groups is 1. The van der Waals surface area contributed by atoms with Crippen molar-refractivity contribution in [3.8, 4) is 17.0 Å². The SMILES string of the molecule is CNC(=O)OC(c1nc(-c2cccnc2F)c(S(=O)(=O)c2cccc(OC)c2)s1)C(C)(C)C. The summed E-state index contributed by atoms with van der Waals surface area (Å²) < 4.78 is 52.3. The number of amides is 1. The second-order valence-corrected chi connectivity index (χ2v) is 11.3. The van der Waals surface area contributed by atoms with Gasteiger partial charge in [-0.15, -0.1) is 11.3 Å². The van der Waals surface area contributed by atoms with Crippen LogP contribution in [0, 0.1) is 11.4 Å². The summed E-state index contributed by atoms with van der Waals surface area (Å²) in [7, 11) is -1.29. The zero-order valence-corrected chi connectivity index (χ0v) is 20.4. The first kappa shape index (κ1) is 24.6. The average molecular weight is 494 g/mol. The van der Waals surface area contributed by atoms with Crippen LogP contribution in [0.3, 0.4) is 0 Å². The predicted octanol–water partition coefficient (Wildman–Crippen LogP) is 4.63. The molecule has 11 heteroatoms. The number of thiazole rings is 1. The van der Waals surface area contributed by atoms with E-state index in [1.54, 1.807) is 12.1 Å². The molecule has 33 heavy (non-hydrogen) atoms. The second kappa shape index (κ2) is 9.44. The highest BCUT2D eigenvalue weighted by Gasteiger charge is 2.37. The molecule has 0 spiro atoms. The Balaban J connectivity index is 2.27. The Morgan fingerprint density at radius 2 is 1.94 bits per heavy atom. The molecule has 8 nitrogen and oxygen atoms in total. The maximum Gasteiger partial charge on any atom is 0.407 e. The number of carbonyl (C=O) groups excluding carboxylic acids is 1. The molecule has 2 aromatic heterocycles. The first-order valence-corrected chi connectivity index (χ1v) is 12.2. The van der Waals surface area contributed by atoms with Gasteiger partial charge >= 0.3 is 6.09 Å². The summed E-state index contributed by atoms with van der Waals surface area (Å²) in [4.78, 5) is 20.0. The molecule has 0 fully saturated rings. The number of benzene rings is 1. The summed E-state index contributed by atoms with van der Waals surface area (Å²) in [6, 6.07) is 8.85. The molecule has 3 rings (SSSR count). The van der Waals surface area contributed by atoms with E-state index in [1.807, 2.05) is 20.8 Å². The average Bonchev–Trinajstić information content (AvgIpc) is 3.22. The monoisotopic (exact) mass is 493 g/mol. The number of aromatic nitrogens is 2. The van der Waals surface area contributed by atoms with Crippen LogP contribution >= 0.6 is 11.3 Å². The van der Waals surface area contributed by atoms with Gasteiger partial charge in [0.2, 0.25) is 15.8 Å². The molecule has 0 saturated heterocycles. The number of rotatable bonds is 6. The van der Waals surface area contributed by atoms with Gasteiger partial charge in [0, 0.05) is 18.7 Å². The highest BCUT2D eigenvalue weighted by atomic mass is 32.2. The molecule has 0 aliphatic rings. The van der Waals surface area contributed by atoms with Crippen LogP contribution in [0.4, 0.5) is 9.18 Å². The van der Waals surface area contributed by atoms with E-state index in [4.69, 9.17) is 9.47 Å². The van der Waals surface area contributed by atoms with Crippen molar-refractivity contribution < 1.29 is 27.1 Å². The number of hydrogen-bond donors (Lipinski definition) is 1. The Hall–Kier alpha value is -3.05. The first-order chi connectivity index (χ1) is 15.5. The summed E-state index contributed by atoms with van der Waals surface area (Å²) in [6.45, 7) is 5.47. The largest absolute Gasteiger partial charge is 0.497 e. The smallest absolute Gasteiger partial charge is 0.407 e. The molecule has 1 aromatic carbocycles. The van der Waals surface area contributed by atoms with Crippen LogP contribution in [0.5, 0.6) is 5.75 Å². The van der Waals surface area contributed by atoms with Crippen LogP contribution in [0.2, 0.25) is 0 Å². The lowest BCUT2D eigenvalue weighted by atomic mass is 9.89.